The fourth-order valence-electron chi connectivity index (χ4n) is 1.23. The van der Waals surface area contributed by atoms with E-state index in [1.165, 1.54) is 18.5 Å². The fraction of sp³-hybridized carbons (Fsp3) is 0. The Kier molecular flexibility index (Phi) is 3.00. The molecule has 1 heterocycles. The quantitative estimate of drug-likeness (QED) is 0.658. The van der Waals surface area contributed by atoms with E-state index in [-0.39, 0.29) is 17.4 Å². The van der Waals surface area contributed by atoms with Crippen molar-refractivity contribution < 1.29 is 14.1 Å². The van der Waals surface area contributed by atoms with Crippen LogP contribution >= 0.6 is 0 Å². The van der Waals surface area contributed by atoms with Crippen LogP contribution in [0.15, 0.2) is 30.6 Å². The van der Waals surface area contributed by atoms with E-state index in [9.17, 15) is 14.5 Å². The highest BCUT2D eigenvalue weighted by atomic mass is 19.1. The minimum atomic E-state index is -0.987. The third kappa shape index (κ3) is 2.48. The van der Waals surface area contributed by atoms with Gasteiger partial charge in [-0.05, 0) is 6.07 Å². The molecule has 0 fully saturated rings. The first-order valence-corrected chi connectivity index (χ1v) is 4.75. The molecule has 7 nitrogen and oxygen atoms in total. The molecule has 0 radical (unpaired) electrons. The molecular formula is C10H7FN4O3. The SMILES string of the molecule is Nc1cc(Oc2ccc([N+](=O)[O-])c(F)c2)ncn1. The number of ether oxygens (including phenoxy) is 1. The van der Waals surface area contributed by atoms with Crippen molar-refractivity contribution in [1.82, 2.24) is 9.97 Å². The van der Waals surface area contributed by atoms with Crippen LogP contribution in [0.25, 0.3) is 0 Å². The molecule has 0 atom stereocenters. The molecule has 0 amide bonds. The van der Waals surface area contributed by atoms with Crippen LogP contribution in [0.5, 0.6) is 11.6 Å². The highest BCUT2D eigenvalue weighted by Gasteiger charge is 2.14. The van der Waals surface area contributed by atoms with Gasteiger partial charge in [0.25, 0.3) is 0 Å². The van der Waals surface area contributed by atoms with Crippen molar-refractivity contribution in [2.45, 2.75) is 0 Å². The normalized spacial score (nSPS) is 10.1. The molecule has 1 aromatic carbocycles. The summed E-state index contributed by atoms with van der Waals surface area (Å²) < 4.78 is 18.5. The summed E-state index contributed by atoms with van der Waals surface area (Å²) in [6.07, 6.45) is 1.19. The van der Waals surface area contributed by atoms with E-state index in [0.29, 0.717) is 0 Å². The molecule has 18 heavy (non-hydrogen) atoms. The number of nitro benzene ring substituents is 1. The highest BCUT2D eigenvalue weighted by molar-refractivity contribution is 5.40. The van der Waals surface area contributed by atoms with Crippen LogP contribution in [0, 0.1) is 15.9 Å². The third-order valence-corrected chi connectivity index (χ3v) is 2.00. The lowest BCUT2D eigenvalue weighted by Gasteiger charge is -2.04. The Morgan fingerprint density at radius 1 is 1.33 bits per heavy atom. The molecule has 0 saturated heterocycles. The van der Waals surface area contributed by atoms with Gasteiger partial charge in [0, 0.05) is 18.2 Å². The number of hydrogen-bond acceptors (Lipinski definition) is 6. The number of nitrogens with zero attached hydrogens (tertiary/aromatic N) is 3. The highest BCUT2D eigenvalue weighted by Crippen LogP contribution is 2.25. The standard InChI is InChI=1S/C10H7FN4O3/c11-7-3-6(1-2-8(7)15(16)17)18-10-4-9(12)13-5-14-10/h1-5H,(H2,12,13,14). The Balaban J connectivity index is 2.25. The predicted octanol–water partition coefficient (Wildman–Crippen LogP) is 1.90. The number of benzene rings is 1. The van der Waals surface area contributed by atoms with Crippen LogP contribution in [0.4, 0.5) is 15.9 Å². The molecule has 8 heteroatoms. The van der Waals surface area contributed by atoms with Gasteiger partial charge in [-0.1, -0.05) is 0 Å². The lowest BCUT2D eigenvalue weighted by atomic mass is 10.3. The first-order valence-electron chi connectivity index (χ1n) is 4.75. The molecule has 0 bridgehead atoms. The summed E-state index contributed by atoms with van der Waals surface area (Å²) in [5.41, 5.74) is 4.79. The van der Waals surface area contributed by atoms with Gasteiger partial charge in [-0.25, -0.2) is 9.97 Å². The molecule has 2 N–H and O–H groups in total. The van der Waals surface area contributed by atoms with E-state index in [0.717, 1.165) is 12.1 Å². The second-order valence-electron chi connectivity index (χ2n) is 3.25. The second kappa shape index (κ2) is 4.62. The monoisotopic (exact) mass is 250 g/mol. The molecule has 0 saturated carbocycles. The van der Waals surface area contributed by atoms with E-state index in [1.54, 1.807) is 0 Å². The van der Waals surface area contributed by atoms with Crippen LogP contribution in [0.3, 0.4) is 0 Å². The Morgan fingerprint density at radius 3 is 2.72 bits per heavy atom. The molecular weight excluding hydrogens is 243 g/mol. The zero-order valence-corrected chi connectivity index (χ0v) is 8.91. The third-order valence-electron chi connectivity index (χ3n) is 2.00. The largest absolute Gasteiger partial charge is 0.439 e. The average Bonchev–Trinajstić information content (AvgIpc) is 2.28. The molecule has 0 spiro atoms. The van der Waals surface area contributed by atoms with Crippen LogP contribution < -0.4 is 10.5 Å². The minimum Gasteiger partial charge on any atom is -0.439 e. The summed E-state index contributed by atoms with van der Waals surface area (Å²) >= 11 is 0. The van der Waals surface area contributed by atoms with Crippen LogP contribution in [0.2, 0.25) is 0 Å². The van der Waals surface area contributed by atoms with Crippen molar-refractivity contribution in [3.05, 3.63) is 46.5 Å². The fourth-order valence-corrected chi connectivity index (χ4v) is 1.23. The lowest BCUT2D eigenvalue weighted by Crippen LogP contribution is -1.95. The Morgan fingerprint density at radius 2 is 2.11 bits per heavy atom. The molecule has 2 aromatic rings. The molecule has 2 rings (SSSR count). The maximum absolute atomic E-state index is 13.3. The van der Waals surface area contributed by atoms with Gasteiger partial charge in [-0.3, -0.25) is 10.1 Å². The summed E-state index contributed by atoms with van der Waals surface area (Å²) in [6, 6.07) is 4.52. The number of nitrogens with two attached hydrogens (primary N) is 1. The molecule has 0 aliphatic heterocycles. The zero-order valence-electron chi connectivity index (χ0n) is 8.91. The first kappa shape index (κ1) is 11.7. The van der Waals surface area contributed by atoms with Crippen LogP contribution in [0.1, 0.15) is 0 Å². The van der Waals surface area contributed by atoms with E-state index in [2.05, 4.69) is 9.97 Å². The van der Waals surface area contributed by atoms with Crippen molar-refractivity contribution in [1.29, 1.82) is 0 Å². The number of aromatic nitrogens is 2. The van der Waals surface area contributed by atoms with Gasteiger partial charge in [0.15, 0.2) is 0 Å². The Bertz CT molecular complexity index is 605. The van der Waals surface area contributed by atoms with Gasteiger partial charge in [-0.15, -0.1) is 0 Å². The van der Waals surface area contributed by atoms with Gasteiger partial charge >= 0.3 is 5.69 Å². The molecule has 0 unspecified atom stereocenters. The van der Waals surface area contributed by atoms with Gasteiger partial charge in [0.1, 0.15) is 17.9 Å². The van der Waals surface area contributed by atoms with E-state index in [1.807, 2.05) is 0 Å². The van der Waals surface area contributed by atoms with Gasteiger partial charge in [0.05, 0.1) is 4.92 Å². The molecule has 92 valence electrons. The number of nitro groups is 1. The maximum atomic E-state index is 13.3. The predicted molar refractivity (Wildman–Crippen MR) is 59.6 cm³/mol. The summed E-state index contributed by atoms with van der Waals surface area (Å²) in [5.74, 6) is -0.589. The molecule has 0 aliphatic rings. The number of rotatable bonds is 3. The van der Waals surface area contributed by atoms with Crippen molar-refractivity contribution in [3.8, 4) is 11.6 Å². The number of halogens is 1. The van der Waals surface area contributed by atoms with Crippen LogP contribution in [-0.4, -0.2) is 14.9 Å². The van der Waals surface area contributed by atoms with Gasteiger partial charge < -0.3 is 10.5 Å². The summed E-state index contributed by atoms with van der Waals surface area (Å²) in [6.45, 7) is 0. The Hall–Kier alpha value is -2.77. The van der Waals surface area contributed by atoms with Gasteiger partial charge in [-0.2, -0.15) is 4.39 Å². The smallest absolute Gasteiger partial charge is 0.305 e. The maximum Gasteiger partial charge on any atom is 0.305 e. The zero-order chi connectivity index (χ0) is 13.1. The second-order valence-corrected chi connectivity index (χ2v) is 3.25. The van der Waals surface area contributed by atoms with Crippen molar-refractivity contribution in [3.63, 3.8) is 0 Å². The summed E-state index contributed by atoms with van der Waals surface area (Å²) in [5, 5.41) is 10.4. The molecule has 1 aromatic heterocycles. The topological polar surface area (TPSA) is 104 Å². The number of anilines is 1. The minimum absolute atomic E-state index is 0.0798. The molecule has 0 aliphatic carbocycles. The number of hydrogen-bond donors (Lipinski definition) is 1. The van der Waals surface area contributed by atoms with Crippen molar-refractivity contribution in [2.24, 2.45) is 0 Å². The average molecular weight is 250 g/mol. The Labute approximate surface area is 100 Å². The van der Waals surface area contributed by atoms with Crippen LogP contribution in [-0.2, 0) is 0 Å². The first-order chi connectivity index (χ1) is 8.56. The van der Waals surface area contributed by atoms with E-state index >= 15 is 0 Å². The van der Waals surface area contributed by atoms with Gasteiger partial charge in [0.2, 0.25) is 11.7 Å². The summed E-state index contributed by atoms with van der Waals surface area (Å²) in [4.78, 5) is 17.0. The van der Waals surface area contributed by atoms with Crippen molar-refractivity contribution in [2.75, 3.05) is 5.73 Å². The van der Waals surface area contributed by atoms with E-state index < -0.39 is 16.4 Å². The van der Waals surface area contributed by atoms with E-state index in [4.69, 9.17) is 10.5 Å². The number of nitrogen functional groups attached to an aromatic ring is 1. The lowest BCUT2D eigenvalue weighted by molar-refractivity contribution is -0.387. The van der Waals surface area contributed by atoms with Crippen molar-refractivity contribution >= 4 is 11.5 Å². The summed E-state index contributed by atoms with van der Waals surface area (Å²) in [7, 11) is 0.